The summed E-state index contributed by atoms with van der Waals surface area (Å²) >= 11 is 0. The van der Waals surface area contributed by atoms with E-state index < -0.39 is 16.5 Å². The summed E-state index contributed by atoms with van der Waals surface area (Å²) in [5.41, 5.74) is 2.20. The van der Waals surface area contributed by atoms with Crippen LogP contribution in [-0.2, 0) is 0 Å². The Hall–Kier alpha value is -1.67. The van der Waals surface area contributed by atoms with Gasteiger partial charge in [-0.2, -0.15) is 4.98 Å². The van der Waals surface area contributed by atoms with E-state index in [1.165, 1.54) is 0 Å². The van der Waals surface area contributed by atoms with Crippen LogP contribution in [0.2, 0.25) is 39.3 Å². The second-order valence-corrected chi connectivity index (χ2v) is 17.1. The number of rotatable bonds is 5. The van der Waals surface area contributed by atoms with Crippen LogP contribution in [0, 0.1) is 0 Å². The molecule has 0 fully saturated rings. The van der Waals surface area contributed by atoms with Gasteiger partial charge in [0, 0.05) is 11.8 Å². The van der Waals surface area contributed by atoms with Crippen LogP contribution in [-0.4, -0.2) is 26.4 Å². The lowest BCUT2D eigenvalue weighted by atomic mass is 10.1. The zero-order chi connectivity index (χ0) is 16.4. The first-order valence-electron chi connectivity index (χ1n) is 7.63. The predicted octanol–water partition coefficient (Wildman–Crippen LogP) is 4.64. The second-order valence-electron chi connectivity index (χ2n) is 7.57. The van der Waals surface area contributed by atoms with E-state index in [0.29, 0.717) is 0 Å². The van der Waals surface area contributed by atoms with Gasteiger partial charge in [0.15, 0.2) is 0 Å². The molecule has 0 aliphatic rings. The molecule has 1 heterocycles. The molecule has 0 aliphatic heterocycles. The summed E-state index contributed by atoms with van der Waals surface area (Å²) in [7, 11) is -2.97. The van der Waals surface area contributed by atoms with Crippen molar-refractivity contribution in [3.8, 4) is 11.1 Å². The van der Waals surface area contributed by atoms with Gasteiger partial charge in [-0.3, -0.25) is 0 Å². The fourth-order valence-electron chi connectivity index (χ4n) is 2.06. The third-order valence-corrected chi connectivity index (χ3v) is 4.81. The molecule has 0 bridgehead atoms. The number of aromatic nitrogens is 2. The summed E-state index contributed by atoms with van der Waals surface area (Å²) in [6.45, 7) is 13.5. The van der Waals surface area contributed by atoms with E-state index in [0.717, 1.165) is 22.9 Å². The first-order chi connectivity index (χ1) is 10.1. The summed E-state index contributed by atoms with van der Waals surface area (Å²) < 4.78 is 0. The molecule has 0 atom stereocenters. The third-order valence-electron chi connectivity index (χ3n) is 2.85. The van der Waals surface area contributed by atoms with Gasteiger partial charge >= 0.3 is 0 Å². The second kappa shape index (κ2) is 6.22. The van der Waals surface area contributed by atoms with E-state index in [2.05, 4.69) is 66.4 Å². The van der Waals surface area contributed by atoms with Crippen molar-refractivity contribution in [1.29, 1.82) is 0 Å². The van der Waals surface area contributed by atoms with Crippen LogP contribution >= 0.6 is 0 Å². The zero-order valence-corrected chi connectivity index (χ0v) is 16.4. The van der Waals surface area contributed by atoms with E-state index in [4.69, 9.17) is 4.98 Å². The van der Waals surface area contributed by atoms with Crippen LogP contribution < -0.4 is 9.96 Å². The average molecular weight is 331 g/mol. The Kier molecular flexibility index (Phi) is 4.72. The molecule has 4 nitrogen and oxygen atoms in total. The number of nitrogens with one attached hydrogen (secondary N) is 2. The number of nitrogens with zero attached hydrogens (tertiary/aromatic N) is 2. The summed E-state index contributed by atoms with van der Waals surface area (Å²) in [4.78, 5) is 16.4. The van der Waals surface area contributed by atoms with Crippen molar-refractivity contribution in [3.05, 3.63) is 36.5 Å². The Morgan fingerprint density at radius 3 is 1.95 bits per heavy atom. The molecular weight excluding hydrogens is 304 g/mol. The maximum absolute atomic E-state index is 4.76. The molecule has 0 amide bonds. The lowest BCUT2D eigenvalue weighted by Crippen LogP contribution is -2.35. The van der Waals surface area contributed by atoms with Gasteiger partial charge in [-0.25, -0.2) is 4.98 Å². The lowest BCUT2D eigenvalue weighted by Gasteiger charge is -2.23. The number of hydrogen-bond acceptors (Lipinski definition) is 4. The molecular formula is C16H26N4Si2. The van der Waals surface area contributed by atoms with Gasteiger partial charge in [-0.15, -0.1) is 0 Å². The molecule has 6 heteroatoms. The van der Waals surface area contributed by atoms with E-state index in [-0.39, 0.29) is 0 Å². The number of hydrogen-bond donors (Lipinski definition) is 2. The molecule has 2 rings (SSSR count). The standard InChI is InChI=1S/C16H26N4Si2/c1-21(2,3)19-15-14(13-10-8-7-9-11-13)12-17-16(18-15)20-22(4,5)6/h7-12H,1-6H3,(H2,17,18,19,20). The molecule has 0 saturated carbocycles. The Morgan fingerprint density at radius 2 is 1.41 bits per heavy atom. The zero-order valence-electron chi connectivity index (χ0n) is 14.4. The highest BCUT2D eigenvalue weighted by Gasteiger charge is 2.20. The van der Waals surface area contributed by atoms with Crippen LogP contribution in [0.25, 0.3) is 11.1 Å². The van der Waals surface area contributed by atoms with Gasteiger partial charge in [0.05, 0.1) is 0 Å². The quantitative estimate of drug-likeness (QED) is 0.784. The number of benzene rings is 1. The molecule has 0 radical (unpaired) electrons. The Bertz CT molecular complexity index is 631. The van der Waals surface area contributed by atoms with Crippen molar-refractivity contribution in [2.45, 2.75) is 39.3 Å². The maximum Gasteiger partial charge on any atom is 0.216 e. The minimum Gasteiger partial charge on any atom is -0.395 e. The number of anilines is 2. The molecule has 118 valence electrons. The molecule has 0 aliphatic carbocycles. The average Bonchev–Trinajstić information content (AvgIpc) is 2.36. The van der Waals surface area contributed by atoms with Gasteiger partial charge in [-0.05, 0) is 5.56 Å². The minimum absolute atomic E-state index is 0.722. The summed E-state index contributed by atoms with van der Waals surface area (Å²) in [5.74, 6) is 1.65. The fraction of sp³-hybridized carbons (Fsp3) is 0.375. The van der Waals surface area contributed by atoms with Crippen molar-refractivity contribution >= 4 is 28.2 Å². The van der Waals surface area contributed by atoms with Gasteiger partial charge in [0.1, 0.15) is 22.3 Å². The van der Waals surface area contributed by atoms with E-state index in [9.17, 15) is 0 Å². The summed E-state index contributed by atoms with van der Waals surface area (Å²) in [6.07, 6.45) is 1.92. The van der Waals surface area contributed by atoms with Gasteiger partial charge in [-0.1, -0.05) is 69.6 Å². The van der Waals surface area contributed by atoms with Crippen LogP contribution in [0.5, 0.6) is 0 Å². The van der Waals surface area contributed by atoms with Gasteiger partial charge in [0.2, 0.25) is 5.95 Å². The van der Waals surface area contributed by atoms with Crippen LogP contribution in [0.3, 0.4) is 0 Å². The van der Waals surface area contributed by atoms with Crippen molar-refractivity contribution < 1.29 is 0 Å². The molecule has 0 saturated heterocycles. The summed E-state index contributed by atoms with van der Waals surface area (Å²) in [5, 5.41) is 0. The van der Waals surface area contributed by atoms with Crippen LogP contribution in [0.15, 0.2) is 36.5 Å². The molecule has 1 aromatic heterocycles. The predicted molar refractivity (Wildman–Crippen MR) is 101 cm³/mol. The Balaban J connectivity index is 2.45. The Labute approximate surface area is 135 Å². The smallest absolute Gasteiger partial charge is 0.216 e. The highest BCUT2D eigenvalue weighted by molar-refractivity contribution is 6.79. The molecule has 22 heavy (non-hydrogen) atoms. The molecule has 2 aromatic rings. The van der Waals surface area contributed by atoms with Crippen LogP contribution in [0.1, 0.15) is 0 Å². The van der Waals surface area contributed by atoms with Gasteiger partial charge < -0.3 is 9.96 Å². The van der Waals surface area contributed by atoms with Crippen molar-refractivity contribution in [3.63, 3.8) is 0 Å². The highest BCUT2D eigenvalue weighted by atomic mass is 28.3. The van der Waals surface area contributed by atoms with Crippen LogP contribution in [0.4, 0.5) is 11.8 Å². The molecule has 1 aromatic carbocycles. The molecule has 0 spiro atoms. The van der Waals surface area contributed by atoms with E-state index >= 15 is 0 Å². The first kappa shape index (κ1) is 16.7. The minimum atomic E-state index is -1.50. The summed E-state index contributed by atoms with van der Waals surface area (Å²) in [6, 6.07) is 10.3. The monoisotopic (exact) mass is 330 g/mol. The maximum atomic E-state index is 4.76. The van der Waals surface area contributed by atoms with Crippen molar-refractivity contribution in [2.75, 3.05) is 9.96 Å². The van der Waals surface area contributed by atoms with Crippen molar-refractivity contribution in [1.82, 2.24) is 9.97 Å². The third kappa shape index (κ3) is 4.96. The highest BCUT2D eigenvalue weighted by Crippen LogP contribution is 2.28. The normalized spacial score (nSPS) is 12.1. The SMILES string of the molecule is C[Si](C)(C)Nc1ncc(-c2ccccc2)c(N[Si](C)(C)C)n1. The topological polar surface area (TPSA) is 49.8 Å². The van der Waals surface area contributed by atoms with E-state index in [1.807, 2.05) is 24.4 Å². The molecule has 2 N–H and O–H groups in total. The van der Waals surface area contributed by atoms with E-state index in [1.54, 1.807) is 0 Å². The van der Waals surface area contributed by atoms with Gasteiger partial charge in [0.25, 0.3) is 0 Å². The fourth-order valence-corrected chi connectivity index (χ4v) is 3.75. The Morgan fingerprint density at radius 1 is 0.818 bits per heavy atom. The lowest BCUT2D eigenvalue weighted by molar-refractivity contribution is 1.18. The molecule has 0 unspecified atom stereocenters. The first-order valence-corrected chi connectivity index (χ1v) is 14.6. The van der Waals surface area contributed by atoms with Crippen molar-refractivity contribution in [2.24, 2.45) is 0 Å². The largest absolute Gasteiger partial charge is 0.395 e.